The Kier molecular flexibility index (Phi) is 2.47. The summed E-state index contributed by atoms with van der Waals surface area (Å²) in [4.78, 5) is 17.4. The molecular formula is C16H12N2OS. The lowest BCUT2D eigenvalue weighted by molar-refractivity contribution is 0.0955. The summed E-state index contributed by atoms with van der Waals surface area (Å²) in [5.74, 6) is 0.802. The van der Waals surface area contributed by atoms with Crippen LogP contribution in [0.1, 0.15) is 21.5 Å². The van der Waals surface area contributed by atoms with Crippen LogP contribution < -0.4 is 0 Å². The van der Waals surface area contributed by atoms with E-state index in [1.54, 1.807) is 16.3 Å². The second-order valence-electron chi connectivity index (χ2n) is 4.97. The lowest BCUT2D eigenvalue weighted by Gasteiger charge is -2.05. The van der Waals surface area contributed by atoms with Gasteiger partial charge < -0.3 is 0 Å². The Labute approximate surface area is 120 Å². The molecule has 0 bridgehead atoms. The van der Waals surface area contributed by atoms with Crippen molar-refractivity contribution >= 4 is 28.7 Å². The molecule has 4 rings (SSSR count). The highest BCUT2D eigenvalue weighted by Gasteiger charge is 2.24. The van der Waals surface area contributed by atoms with Gasteiger partial charge in [0.25, 0.3) is 5.91 Å². The third-order valence-corrected chi connectivity index (χ3v) is 4.57. The third kappa shape index (κ3) is 1.61. The Balaban J connectivity index is 2.02. The Morgan fingerprint density at radius 1 is 1.20 bits per heavy atom. The average Bonchev–Trinajstić information content (AvgIpc) is 2.75. The van der Waals surface area contributed by atoms with Gasteiger partial charge in [-0.15, -0.1) is 0 Å². The fourth-order valence-corrected chi connectivity index (χ4v) is 3.59. The number of thioether (sulfide) groups is 1. The Morgan fingerprint density at radius 2 is 2.05 bits per heavy atom. The van der Waals surface area contributed by atoms with E-state index < -0.39 is 0 Å². The van der Waals surface area contributed by atoms with Crippen molar-refractivity contribution < 1.29 is 4.79 Å². The van der Waals surface area contributed by atoms with Crippen LogP contribution in [0.15, 0.2) is 47.6 Å². The van der Waals surface area contributed by atoms with Crippen LogP contribution in [0.2, 0.25) is 0 Å². The second kappa shape index (κ2) is 4.21. The van der Waals surface area contributed by atoms with Crippen LogP contribution in [-0.4, -0.2) is 15.5 Å². The van der Waals surface area contributed by atoms with Crippen molar-refractivity contribution in [3.05, 3.63) is 59.2 Å². The molecule has 20 heavy (non-hydrogen) atoms. The van der Waals surface area contributed by atoms with Gasteiger partial charge in [-0.25, -0.2) is 4.98 Å². The molecule has 0 radical (unpaired) electrons. The van der Waals surface area contributed by atoms with Gasteiger partial charge in [0.1, 0.15) is 0 Å². The zero-order valence-electron chi connectivity index (χ0n) is 11.0. The molecule has 4 heteroatoms. The average molecular weight is 280 g/mol. The summed E-state index contributed by atoms with van der Waals surface area (Å²) in [7, 11) is 0. The molecule has 1 aromatic heterocycles. The first-order valence-corrected chi connectivity index (χ1v) is 7.47. The molecule has 0 spiro atoms. The lowest BCUT2D eigenvalue weighted by Crippen LogP contribution is -2.12. The third-order valence-electron chi connectivity index (χ3n) is 3.59. The maximum absolute atomic E-state index is 12.8. The number of benzene rings is 2. The number of hydrogen-bond acceptors (Lipinski definition) is 3. The molecule has 1 aliphatic rings. The van der Waals surface area contributed by atoms with Gasteiger partial charge >= 0.3 is 0 Å². The first-order valence-electron chi connectivity index (χ1n) is 6.48. The van der Waals surface area contributed by atoms with Crippen LogP contribution in [0.4, 0.5) is 0 Å². The first kappa shape index (κ1) is 11.7. The van der Waals surface area contributed by atoms with Gasteiger partial charge in [0, 0.05) is 11.3 Å². The molecule has 2 aromatic carbocycles. The zero-order chi connectivity index (χ0) is 13.7. The summed E-state index contributed by atoms with van der Waals surface area (Å²) in [6.07, 6.45) is 0. The maximum Gasteiger partial charge on any atom is 0.264 e. The summed E-state index contributed by atoms with van der Waals surface area (Å²) in [5, 5.41) is 0.784. The summed E-state index contributed by atoms with van der Waals surface area (Å²) in [6.45, 7) is 2.04. The van der Waals surface area contributed by atoms with Crippen LogP contribution >= 0.6 is 11.8 Å². The number of imidazole rings is 1. The number of fused-ring (bicyclic) bond motifs is 4. The van der Waals surface area contributed by atoms with Gasteiger partial charge in [-0.2, -0.15) is 0 Å². The van der Waals surface area contributed by atoms with Crippen molar-refractivity contribution in [2.75, 3.05) is 0 Å². The SMILES string of the molecule is Cc1ccc2c(c1)nc1n2C(=O)c2ccccc2CS1. The van der Waals surface area contributed by atoms with E-state index in [0.717, 1.165) is 38.6 Å². The van der Waals surface area contributed by atoms with E-state index in [1.807, 2.05) is 49.4 Å². The zero-order valence-corrected chi connectivity index (χ0v) is 11.8. The van der Waals surface area contributed by atoms with Gasteiger partial charge in [-0.1, -0.05) is 36.0 Å². The van der Waals surface area contributed by atoms with Gasteiger partial charge in [-0.05, 0) is 36.2 Å². The number of nitrogens with zero attached hydrogens (tertiary/aromatic N) is 2. The van der Waals surface area contributed by atoms with Crippen LogP contribution in [0.5, 0.6) is 0 Å². The summed E-state index contributed by atoms with van der Waals surface area (Å²) in [5.41, 5.74) is 4.79. The lowest BCUT2D eigenvalue weighted by atomic mass is 10.1. The van der Waals surface area contributed by atoms with Crippen molar-refractivity contribution in [1.29, 1.82) is 0 Å². The molecule has 0 saturated carbocycles. The Hall–Kier alpha value is -2.07. The Bertz CT molecular complexity index is 851. The highest BCUT2D eigenvalue weighted by atomic mass is 32.2. The van der Waals surface area contributed by atoms with Gasteiger partial charge in [-0.3, -0.25) is 9.36 Å². The van der Waals surface area contributed by atoms with Gasteiger partial charge in [0.15, 0.2) is 5.16 Å². The van der Waals surface area contributed by atoms with Crippen LogP contribution in [0.3, 0.4) is 0 Å². The highest BCUT2D eigenvalue weighted by molar-refractivity contribution is 7.98. The first-order chi connectivity index (χ1) is 9.74. The fraction of sp³-hybridized carbons (Fsp3) is 0.125. The fourth-order valence-electron chi connectivity index (χ4n) is 2.58. The summed E-state index contributed by atoms with van der Waals surface area (Å²) in [6, 6.07) is 13.8. The molecule has 3 aromatic rings. The van der Waals surface area contributed by atoms with Crippen LogP contribution in [-0.2, 0) is 5.75 Å². The number of rotatable bonds is 0. The number of aromatic nitrogens is 2. The van der Waals surface area contributed by atoms with E-state index in [-0.39, 0.29) is 5.91 Å². The molecule has 0 aliphatic carbocycles. The second-order valence-corrected chi connectivity index (χ2v) is 5.92. The molecular weight excluding hydrogens is 268 g/mol. The van der Waals surface area contributed by atoms with E-state index in [4.69, 9.17) is 0 Å². The molecule has 0 atom stereocenters. The van der Waals surface area contributed by atoms with E-state index in [2.05, 4.69) is 4.98 Å². The minimum Gasteiger partial charge on any atom is -0.268 e. The van der Waals surface area contributed by atoms with Crippen molar-refractivity contribution in [2.45, 2.75) is 17.8 Å². The number of hydrogen-bond donors (Lipinski definition) is 0. The predicted molar refractivity (Wildman–Crippen MR) is 80.2 cm³/mol. The molecule has 1 aliphatic heterocycles. The normalized spacial score (nSPS) is 13.9. The maximum atomic E-state index is 12.8. The van der Waals surface area contributed by atoms with E-state index >= 15 is 0 Å². The monoisotopic (exact) mass is 280 g/mol. The number of aryl methyl sites for hydroxylation is 1. The minimum absolute atomic E-state index is 0.0203. The molecule has 0 fully saturated rings. The van der Waals surface area contributed by atoms with Crippen molar-refractivity contribution in [3.63, 3.8) is 0 Å². The largest absolute Gasteiger partial charge is 0.268 e. The molecule has 2 heterocycles. The van der Waals surface area contributed by atoms with E-state index in [9.17, 15) is 4.79 Å². The predicted octanol–water partition coefficient (Wildman–Crippen LogP) is 3.64. The highest BCUT2D eigenvalue weighted by Crippen LogP contribution is 2.32. The van der Waals surface area contributed by atoms with Gasteiger partial charge in [0.05, 0.1) is 11.0 Å². The van der Waals surface area contributed by atoms with Gasteiger partial charge in [0.2, 0.25) is 0 Å². The van der Waals surface area contributed by atoms with E-state index in [0.29, 0.717) is 0 Å². The topological polar surface area (TPSA) is 34.9 Å². The molecule has 0 saturated heterocycles. The quantitative estimate of drug-likeness (QED) is 0.630. The molecule has 0 N–H and O–H groups in total. The molecule has 0 unspecified atom stereocenters. The van der Waals surface area contributed by atoms with Crippen molar-refractivity contribution in [2.24, 2.45) is 0 Å². The van der Waals surface area contributed by atoms with Crippen molar-refractivity contribution in [1.82, 2.24) is 9.55 Å². The summed E-state index contributed by atoms with van der Waals surface area (Å²) >= 11 is 1.62. The number of carbonyl (C=O) groups is 1. The standard InChI is InChI=1S/C16H12N2OS/c1-10-6-7-14-13(8-10)17-16-18(14)15(19)12-5-3-2-4-11(12)9-20-16/h2-8H,9H2,1H3. The summed E-state index contributed by atoms with van der Waals surface area (Å²) < 4.78 is 1.74. The Morgan fingerprint density at radius 3 is 2.95 bits per heavy atom. The number of carbonyl (C=O) groups excluding carboxylic acids is 1. The molecule has 98 valence electrons. The van der Waals surface area contributed by atoms with E-state index in [1.165, 1.54) is 0 Å². The van der Waals surface area contributed by atoms with Crippen molar-refractivity contribution in [3.8, 4) is 0 Å². The molecule has 0 amide bonds. The van der Waals surface area contributed by atoms with Crippen LogP contribution in [0.25, 0.3) is 11.0 Å². The molecule has 3 nitrogen and oxygen atoms in total. The smallest absolute Gasteiger partial charge is 0.264 e. The van der Waals surface area contributed by atoms with Crippen LogP contribution in [0, 0.1) is 6.92 Å². The minimum atomic E-state index is 0.0203.